The van der Waals surface area contributed by atoms with Crippen LogP contribution < -0.4 is 0 Å². The van der Waals surface area contributed by atoms with Crippen molar-refractivity contribution in [3.63, 3.8) is 0 Å². The summed E-state index contributed by atoms with van der Waals surface area (Å²) in [5.74, 6) is 0.0295. The van der Waals surface area contributed by atoms with E-state index in [1.807, 2.05) is 36.4 Å². The van der Waals surface area contributed by atoms with Crippen LogP contribution in [0.5, 0.6) is 0 Å². The number of nitrogens with zero attached hydrogens (tertiary/aromatic N) is 1. The average Bonchev–Trinajstić information content (AvgIpc) is 2.90. The lowest BCUT2D eigenvalue weighted by atomic mass is 10.0. The van der Waals surface area contributed by atoms with Gasteiger partial charge < -0.3 is 4.98 Å². The zero-order chi connectivity index (χ0) is 13.2. The van der Waals surface area contributed by atoms with Crippen LogP contribution in [0.1, 0.15) is 28.4 Å². The molecule has 19 heavy (non-hydrogen) atoms. The van der Waals surface area contributed by atoms with Gasteiger partial charge in [0.15, 0.2) is 5.78 Å². The summed E-state index contributed by atoms with van der Waals surface area (Å²) in [6.45, 7) is 2.10. The average molecular weight is 250 g/mol. The molecule has 1 aromatic carbocycles. The highest BCUT2D eigenvalue weighted by Gasteiger charge is 2.14. The predicted molar refractivity (Wildman–Crippen MR) is 75.3 cm³/mol. The van der Waals surface area contributed by atoms with Crippen LogP contribution in [-0.4, -0.2) is 15.8 Å². The maximum Gasteiger partial charge on any atom is 0.195 e. The molecular formula is C16H14N2O. The number of aryl methyl sites for hydroxylation is 1. The SMILES string of the molecule is CCc1ccc(C(=O)c2c[nH]c3ncccc23)cc1. The number of carbonyl (C=O) groups is 1. The summed E-state index contributed by atoms with van der Waals surface area (Å²) >= 11 is 0. The molecular weight excluding hydrogens is 236 g/mol. The lowest BCUT2D eigenvalue weighted by molar-refractivity contribution is 0.104. The van der Waals surface area contributed by atoms with Crippen molar-refractivity contribution < 1.29 is 4.79 Å². The largest absolute Gasteiger partial charge is 0.345 e. The molecule has 2 heterocycles. The highest BCUT2D eigenvalue weighted by atomic mass is 16.1. The van der Waals surface area contributed by atoms with Crippen molar-refractivity contribution in [3.05, 3.63) is 65.5 Å². The summed E-state index contributed by atoms with van der Waals surface area (Å²) in [6, 6.07) is 11.5. The number of nitrogens with one attached hydrogen (secondary N) is 1. The van der Waals surface area contributed by atoms with Crippen molar-refractivity contribution in [1.29, 1.82) is 0 Å². The second-order valence-corrected chi connectivity index (χ2v) is 4.48. The van der Waals surface area contributed by atoms with E-state index in [1.54, 1.807) is 12.4 Å². The Morgan fingerprint density at radius 2 is 2.00 bits per heavy atom. The smallest absolute Gasteiger partial charge is 0.195 e. The number of rotatable bonds is 3. The van der Waals surface area contributed by atoms with Gasteiger partial charge in [0.2, 0.25) is 0 Å². The number of hydrogen-bond donors (Lipinski definition) is 1. The van der Waals surface area contributed by atoms with E-state index in [1.165, 1.54) is 5.56 Å². The van der Waals surface area contributed by atoms with Crippen molar-refractivity contribution in [1.82, 2.24) is 9.97 Å². The van der Waals surface area contributed by atoms with Crippen molar-refractivity contribution >= 4 is 16.8 Å². The van der Waals surface area contributed by atoms with Gasteiger partial charge in [-0.15, -0.1) is 0 Å². The Balaban J connectivity index is 2.03. The third kappa shape index (κ3) is 2.03. The molecule has 0 saturated heterocycles. The fourth-order valence-electron chi connectivity index (χ4n) is 2.19. The van der Waals surface area contributed by atoms with E-state index in [2.05, 4.69) is 16.9 Å². The van der Waals surface area contributed by atoms with E-state index in [-0.39, 0.29) is 5.78 Å². The molecule has 0 aliphatic rings. The standard InChI is InChI=1S/C16H14N2O/c1-2-11-5-7-12(8-6-11)15(19)14-10-18-16-13(14)4-3-9-17-16/h3-10H,2H2,1H3,(H,17,18). The topological polar surface area (TPSA) is 45.8 Å². The lowest BCUT2D eigenvalue weighted by Gasteiger charge is -2.01. The number of carbonyl (C=O) groups excluding carboxylic acids is 1. The molecule has 3 rings (SSSR count). The Morgan fingerprint density at radius 3 is 2.74 bits per heavy atom. The van der Waals surface area contributed by atoms with Gasteiger partial charge >= 0.3 is 0 Å². The summed E-state index contributed by atoms with van der Waals surface area (Å²) < 4.78 is 0. The first-order chi connectivity index (χ1) is 9.29. The highest BCUT2D eigenvalue weighted by Crippen LogP contribution is 2.19. The number of H-pyrrole nitrogens is 1. The number of ketones is 1. The highest BCUT2D eigenvalue weighted by molar-refractivity contribution is 6.15. The molecule has 0 bridgehead atoms. The number of benzene rings is 1. The first-order valence-corrected chi connectivity index (χ1v) is 6.35. The Kier molecular flexibility index (Phi) is 2.88. The van der Waals surface area contributed by atoms with E-state index < -0.39 is 0 Å². The van der Waals surface area contributed by atoms with Gasteiger partial charge in [-0.05, 0) is 24.1 Å². The molecule has 0 spiro atoms. The van der Waals surface area contributed by atoms with Crippen LogP contribution in [0.25, 0.3) is 11.0 Å². The Hall–Kier alpha value is -2.42. The fourth-order valence-corrected chi connectivity index (χ4v) is 2.19. The number of aromatic nitrogens is 2. The van der Waals surface area contributed by atoms with Crippen molar-refractivity contribution in [2.24, 2.45) is 0 Å². The van der Waals surface area contributed by atoms with Crippen molar-refractivity contribution in [2.75, 3.05) is 0 Å². The molecule has 0 radical (unpaired) electrons. The van der Waals surface area contributed by atoms with Gasteiger partial charge in [0.25, 0.3) is 0 Å². The Morgan fingerprint density at radius 1 is 1.21 bits per heavy atom. The molecule has 1 N–H and O–H groups in total. The van der Waals surface area contributed by atoms with Crippen molar-refractivity contribution in [2.45, 2.75) is 13.3 Å². The molecule has 3 nitrogen and oxygen atoms in total. The van der Waals surface area contributed by atoms with Crippen LogP contribution >= 0.6 is 0 Å². The van der Waals surface area contributed by atoms with Gasteiger partial charge in [0.05, 0.1) is 0 Å². The number of aromatic amines is 1. The van der Waals surface area contributed by atoms with Crippen molar-refractivity contribution in [3.8, 4) is 0 Å². The summed E-state index contributed by atoms with van der Waals surface area (Å²) in [6.07, 6.45) is 4.42. The first kappa shape index (κ1) is 11.7. The minimum atomic E-state index is 0.0295. The molecule has 0 unspecified atom stereocenters. The zero-order valence-electron chi connectivity index (χ0n) is 10.7. The second kappa shape index (κ2) is 4.69. The molecule has 3 heteroatoms. The maximum absolute atomic E-state index is 12.5. The van der Waals surface area contributed by atoms with E-state index in [9.17, 15) is 4.79 Å². The van der Waals surface area contributed by atoms with Gasteiger partial charge in [0, 0.05) is 28.9 Å². The van der Waals surface area contributed by atoms with E-state index in [0.29, 0.717) is 11.1 Å². The second-order valence-electron chi connectivity index (χ2n) is 4.48. The quantitative estimate of drug-likeness (QED) is 0.724. The summed E-state index contributed by atoms with van der Waals surface area (Å²) in [5, 5.41) is 0.868. The molecule has 0 aliphatic carbocycles. The maximum atomic E-state index is 12.5. The monoisotopic (exact) mass is 250 g/mol. The summed E-state index contributed by atoms with van der Waals surface area (Å²) in [5.41, 5.74) is 3.36. The van der Waals surface area contributed by atoms with E-state index >= 15 is 0 Å². The molecule has 0 atom stereocenters. The molecule has 2 aromatic heterocycles. The normalized spacial score (nSPS) is 10.8. The summed E-state index contributed by atoms with van der Waals surface area (Å²) in [7, 11) is 0. The van der Waals surface area contributed by atoms with Crippen LogP contribution in [0.4, 0.5) is 0 Å². The number of pyridine rings is 1. The number of fused-ring (bicyclic) bond motifs is 1. The Labute approximate surface area is 111 Å². The van der Waals surface area contributed by atoms with Gasteiger partial charge in [-0.2, -0.15) is 0 Å². The Bertz CT molecular complexity index is 726. The van der Waals surface area contributed by atoms with E-state index in [4.69, 9.17) is 0 Å². The third-order valence-electron chi connectivity index (χ3n) is 3.32. The predicted octanol–water partition coefficient (Wildman–Crippen LogP) is 3.36. The molecule has 3 aromatic rings. The van der Waals surface area contributed by atoms with Gasteiger partial charge in [-0.25, -0.2) is 4.98 Å². The van der Waals surface area contributed by atoms with E-state index in [0.717, 1.165) is 17.5 Å². The number of hydrogen-bond acceptors (Lipinski definition) is 2. The third-order valence-corrected chi connectivity index (χ3v) is 3.32. The molecule has 0 aliphatic heterocycles. The van der Waals surface area contributed by atoms with Crippen LogP contribution in [0.2, 0.25) is 0 Å². The van der Waals surface area contributed by atoms with Crippen LogP contribution in [0.3, 0.4) is 0 Å². The van der Waals surface area contributed by atoms with Gasteiger partial charge in [0.1, 0.15) is 5.65 Å². The zero-order valence-corrected chi connectivity index (χ0v) is 10.7. The van der Waals surface area contributed by atoms with Crippen LogP contribution in [-0.2, 0) is 6.42 Å². The molecule has 94 valence electrons. The fraction of sp³-hybridized carbons (Fsp3) is 0.125. The minimum absolute atomic E-state index is 0.0295. The lowest BCUT2D eigenvalue weighted by Crippen LogP contribution is -2.00. The van der Waals surface area contributed by atoms with Gasteiger partial charge in [-0.1, -0.05) is 31.2 Å². The minimum Gasteiger partial charge on any atom is -0.345 e. The van der Waals surface area contributed by atoms with Crippen LogP contribution in [0.15, 0.2) is 48.8 Å². The first-order valence-electron chi connectivity index (χ1n) is 6.35. The summed E-state index contributed by atoms with van der Waals surface area (Å²) in [4.78, 5) is 19.7. The van der Waals surface area contributed by atoms with Gasteiger partial charge in [-0.3, -0.25) is 4.79 Å². The molecule has 0 fully saturated rings. The molecule has 0 saturated carbocycles. The van der Waals surface area contributed by atoms with Crippen LogP contribution in [0, 0.1) is 0 Å². The molecule has 0 amide bonds.